The van der Waals surface area contributed by atoms with Gasteiger partial charge in [-0.3, -0.25) is 0 Å². The molecule has 0 spiro atoms. The molecule has 1 atom stereocenters. The van der Waals surface area contributed by atoms with Crippen LogP contribution in [0.1, 0.15) is 51.7 Å². The van der Waals surface area contributed by atoms with Gasteiger partial charge >= 0.3 is 0 Å². The number of rotatable bonds is 3. The summed E-state index contributed by atoms with van der Waals surface area (Å²) in [7, 11) is 0. The zero-order valence-electron chi connectivity index (χ0n) is 8.66. The van der Waals surface area contributed by atoms with Gasteiger partial charge in [0.2, 0.25) is 5.89 Å². The molecule has 0 saturated carbocycles. The number of nitrogens with two attached hydrogens (primary N) is 1. The summed E-state index contributed by atoms with van der Waals surface area (Å²) >= 11 is 0. The van der Waals surface area contributed by atoms with Crippen molar-refractivity contribution in [1.82, 2.24) is 10.1 Å². The van der Waals surface area contributed by atoms with E-state index in [1.807, 2.05) is 27.7 Å². The van der Waals surface area contributed by atoms with E-state index in [0.29, 0.717) is 11.7 Å². The van der Waals surface area contributed by atoms with E-state index in [1.165, 1.54) is 0 Å². The van der Waals surface area contributed by atoms with Crippen molar-refractivity contribution < 1.29 is 4.52 Å². The number of hydrogen-bond donors (Lipinski definition) is 1. The molecule has 0 aliphatic heterocycles. The SMILES string of the molecule is CCC(C)(N)c1noc(C(C)C)n1. The third kappa shape index (κ3) is 2.06. The second-order valence-corrected chi connectivity index (χ2v) is 3.88. The van der Waals surface area contributed by atoms with Crippen molar-refractivity contribution in [3.8, 4) is 0 Å². The molecule has 0 fully saturated rings. The summed E-state index contributed by atoms with van der Waals surface area (Å²) in [6, 6.07) is 0. The fraction of sp³-hybridized carbons (Fsp3) is 0.778. The summed E-state index contributed by atoms with van der Waals surface area (Å²) in [6.45, 7) is 7.93. The fourth-order valence-corrected chi connectivity index (χ4v) is 0.860. The molecule has 0 aliphatic rings. The quantitative estimate of drug-likeness (QED) is 0.775. The van der Waals surface area contributed by atoms with Crippen LogP contribution < -0.4 is 5.73 Å². The van der Waals surface area contributed by atoms with Gasteiger partial charge in [0, 0.05) is 5.92 Å². The van der Waals surface area contributed by atoms with Crippen molar-refractivity contribution in [3.05, 3.63) is 11.7 Å². The highest BCUT2D eigenvalue weighted by Gasteiger charge is 2.25. The second kappa shape index (κ2) is 3.46. The lowest BCUT2D eigenvalue weighted by Crippen LogP contribution is -2.33. The standard InChI is InChI=1S/C9H17N3O/c1-5-9(4,10)8-11-7(6(2)3)13-12-8/h6H,5,10H2,1-4H3. The Hall–Kier alpha value is -0.900. The zero-order valence-corrected chi connectivity index (χ0v) is 8.66. The Morgan fingerprint density at radius 3 is 2.54 bits per heavy atom. The maximum absolute atomic E-state index is 5.97. The normalized spacial score (nSPS) is 16.2. The second-order valence-electron chi connectivity index (χ2n) is 3.88. The first-order valence-corrected chi connectivity index (χ1v) is 4.60. The number of nitrogens with zero attached hydrogens (tertiary/aromatic N) is 2. The Balaban J connectivity index is 2.91. The van der Waals surface area contributed by atoms with Crippen molar-refractivity contribution >= 4 is 0 Å². The highest BCUT2D eigenvalue weighted by Crippen LogP contribution is 2.20. The molecule has 1 heterocycles. The molecular weight excluding hydrogens is 166 g/mol. The van der Waals surface area contributed by atoms with E-state index in [9.17, 15) is 0 Å². The van der Waals surface area contributed by atoms with Gasteiger partial charge in [0.1, 0.15) is 0 Å². The van der Waals surface area contributed by atoms with E-state index in [0.717, 1.165) is 6.42 Å². The van der Waals surface area contributed by atoms with Crippen molar-refractivity contribution in [3.63, 3.8) is 0 Å². The number of aromatic nitrogens is 2. The molecule has 1 aromatic heterocycles. The molecule has 2 N–H and O–H groups in total. The Labute approximate surface area is 78.5 Å². The van der Waals surface area contributed by atoms with E-state index < -0.39 is 5.54 Å². The average molecular weight is 183 g/mol. The van der Waals surface area contributed by atoms with Gasteiger partial charge in [0.15, 0.2) is 5.82 Å². The molecule has 0 aliphatic carbocycles. The third-order valence-electron chi connectivity index (χ3n) is 2.18. The van der Waals surface area contributed by atoms with Crippen LogP contribution in [0.5, 0.6) is 0 Å². The molecule has 1 aromatic rings. The van der Waals surface area contributed by atoms with Crippen LogP contribution in [-0.2, 0) is 5.54 Å². The van der Waals surface area contributed by atoms with Crippen LogP contribution in [0.25, 0.3) is 0 Å². The topological polar surface area (TPSA) is 64.9 Å². The fourth-order valence-electron chi connectivity index (χ4n) is 0.860. The van der Waals surface area contributed by atoms with Gasteiger partial charge in [0.25, 0.3) is 0 Å². The summed E-state index contributed by atoms with van der Waals surface area (Å²) in [5.41, 5.74) is 5.49. The predicted octanol–water partition coefficient (Wildman–Crippen LogP) is 1.78. The Morgan fingerprint density at radius 2 is 2.15 bits per heavy atom. The number of hydrogen-bond acceptors (Lipinski definition) is 4. The summed E-state index contributed by atoms with van der Waals surface area (Å²) in [6.07, 6.45) is 0.796. The Kier molecular flexibility index (Phi) is 2.71. The smallest absolute Gasteiger partial charge is 0.229 e. The van der Waals surface area contributed by atoms with E-state index in [1.54, 1.807) is 0 Å². The van der Waals surface area contributed by atoms with Crippen molar-refractivity contribution in [2.45, 2.75) is 45.6 Å². The molecule has 0 amide bonds. The van der Waals surface area contributed by atoms with Crippen LogP contribution in [0.3, 0.4) is 0 Å². The lowest BCUT2D eigenvalue weighted by molar-refractivity contribution is 0.343. The Morgan fingerprint density at radius 1 is 1.54 bits per heavy atom. The first kappa shape index (κ1) is 10.2. The predicted molar refractivity (Wildman–Crippen MR) is 50.2 cm³/mol. The first-order chi connectivity index (χ1) is 5.97. The molecule has 4 heteroatoms. The Bertz CT molecular complexity index is 278. The van der Waals surface area contributed by atoms with Gasteiger partial charge in [-0.15, -0.1) is 0 Å². The molecule has 13 heavy (non-hydrogen) atoms. The molecule has 1 unspecified atom stereocenters. The van der Waals surface area contributed by atoms with Crippen molar-refractivity contribution in [1.29, 1.82) is 0 Å². The molecule has 0 radical (unpaired) electrons. The molecule has 0 aromatic carbocycles. The lowest BCUT2D eigenvalue weighted by atomic mass is 10.00. The first-order valence-electron chi connectivity index (χ1n) is 4.60. The van der Waals surface area contributed by atoms with Crippen LogP contribution in [-0.4, -0.2) is 10.1 Å². The van der Waals surface area contributed by atoms with Gasteiger partial charge in [-0.2, -0.15) is 4.98 Å². The van der Waals surface area contributed by atoms with E-state index >= 15 is 0 Å². The minimum absolute atomic E-state index is 0.258. The highest BCUT2D eigenvalue weighted by atomic mass is 16.5. The largest absolute Gasteiger partial charge is 0.339 e. The van der Waals surface area contributed by atoms with Gasteiger partial charge in [-0.25, -0.2) is 0 Å². The zero-order chi connectivity index (χ0) is 10.1. The van der Waals surface area contributed by atoms with Crippen LogP contribution in [0.15, 0.2) is 4.52 Å². The molecular formula is C9H17N3O. The van der Waals surface area contributed by atoms with Crippen LogP contribution >= 0.6 is 0 Å². The molecule has 74 valence electrons. The lowest BCUT2D eigenvalue weighted by Gasteiger charge is -2.16. The summed E-state index contributed by atoms with van der Waals surface area (Å²) in [4.78, 5) is 4.25. The molecule has 0 saturated heterocycles. The third-order valence-corrected chi connectivity index (χ3v) is 2.18. The van der Waals surface area contributed by atoms with Crippen molar-refractivity contribution in [2.24, 2.45) is 5.73 Å². The average Bonchev–Trinajstić information content (AvgIpc) is 2.52. The minimum Gasteiger partial charge on any atom is -0.339 e. The minimum atomic E-state index is -0.476. The summed E-state index contributed by atoms with van der Waals surface area (Å²) in [5, 5.41) is 3.87. The monoisotopic (exact) mass is 183 g/mol. The van der Waals surface area contributed by atoms with Crippen molar-refractivity contribution in [2.75, 3.05) is 0 Å². The van der Waals surface area contributed by atoms with Crippen LogP contribution in [0, 0.1) is 0 Å². The van der Waals surface area contributed by atoms with E-state index in [2.05, 4.69) is 10.1 Å². The van der Waals surface area contributed by atoms with E-state index in [-0.39, 0.29) is 5.92 Å². The highest BCUT2D eigenvalue weighted by molar-refractivity contribution is 5.02. The van der Waals surface area contributed by atoms with Gasteiger partial charge < -0.3 is 10.3 Å². The van der Waals surface area contributed by atoms with Gasteiger partial charge in [0.05, 0.1) is 5.54 Å². The summed E-state index contributed by atoms with van der Waals surface area (Å²) in [5.74, 6) is 1.51. The molecule has 0 bridgehead atoms. The van der Waals surface area contributed by atoms with Crippen LogP contribution in [0.4, 0.5) is 0 Å². The molecule has 4 nitrogen and oxygen atoms in total. The van der Waals surface area contributed by atoms with Crippen LogP contribution in [0.2, 0.25) is 0 Å². The maximum Gasteiger partial charge on any atom is 0.229 e. The van der Waals surface area contributed by atoms with Gasteiger partial charge in [-0.05, 0) is 13.3 Å². The van der Waals surface area contributed by atoms with E-state index in [4.69, 9.17) is 10.3 Å². The maximum atomic E-state index is 5.97. The van der Waals surface area contributed by atoms with Gasteiger partial charge in [-0.1, -0.05) is 25.9 Å². The summed E-state index contributed by atoms with van der Waals surface area (Å²) < 4.78 is 5.07. The molecule has 1 rings (SSSR count).